The highest BCUT2D eigenvalue weighted by Crippen LogP contribution is 2.31. The molecule has 1 atom stereocenters. The summed E-state index contributed by atoms with van der Waals surface area (Å²) in [5.41, 5.74) is 11.2. The lowest BCUT2D eigenvalue weighted by Gasteiger charge is -2.17. The summed E-state index contributed by atoms with van der Waals surface area (Å²) in [5, 5.41) is 15.6. The summed E-state index contributed by atoms with van der Waals surface area (Å²) < 4.78 is 0. The summed E-state index contributed by atoms with van der Waals surface area (Å²) in [7, 11) is 0. The SMILES string of the molecule is NCCC(C(=O)Nc1ccc2[nH]nc(Nc3cccc(-c4ccccc4)c3)c2c1)c1ccc(Cl)c(Cl)c1. The number of nitrogens with one attached hydrogen (secondary N) is 3. The van der Waals surface area contributed by atoms with Crippen molar-refractivity contribution in [2.45, 2.75) is 12.3 Å². The number of aromatic amines is 1. The number of carbonyl (C=O) groups is 1. The van der Waals surface area contributed by atoms with Crippen LogP contribution in [0.5, 0.6) is 0 Å². The van der Waals surface area contributed by atoms with Crippen molar-refractivity contribution in [2.75, 3.05) is 17.2 Å². The van der Waals surface area contributed by atoms with Crippen molar-refractivity contribution in [1.29, 1.82) is 0 Å². The van der Waals surface area contributed by atoms with E-state index in [0.717, 1.165) is 33.3 Å². The molecule has 6 nitrogen and oxygen atoms in total. The van der Waals surface area contributed by atoms with Crippen molar-refractivity contribution in [3.63, 3.8) is 0 Å². The number of nitrogens with zero attached hydrogens (tertiary/aromatic N) is 1. The van der Waals surface area contributed by atoms with Gasteiger partial charge in [0.2, 0.25) is 5.91 Å². The second-order valence-corrected chi connectivity index (χ2v) is 9.51. The zero-order valence-electron chi connectivity index (χ0n) is 19.8. The van der Waals surface area contributed by atoms with E-state index in [1.165, 1.54) is 0 Å². The molecule has 0 saturated carbocycles. The van der Waals surface area contributed by atoms with Crippen molar-refractivity contribution in [3.8, 4) is 11.1 Å². The second kappa shape index (κ2) is 11.0. The number of benzene rings is 4. The Hall–Kier alpha value is -3.84. The Kier molecular flexibility index (Phi) is 7.42. The van der Waals surface area contributed by atoms with Crippen molar-refractivity contribution >= 4 is 57.2 Å². The summed E-state index contributed by atoms with van der Waals surface area (Å²) in [6, 6.07) is 29.2. The molecule has 0 aliphatic rings. The van der Waals surface area contributed by atoms with E-state index >= 15 is 0 Å². The largest absolute Gasteiger partial charge is 0.338 e. The van der Waals surface area contributed by atoms with Gasteiger partial charge in [0.1, 0.15) is 0 Å². The minimum absolute atomic E-state index is 0.170. The normalized spacial score (nSPS) is 11.9. The molecule has 0 saturated heterocycles. The van der Waals surface area contributed by atoms with Crippen LogP contribution in [0.2, 0.25) is 10.0 Å². The van der Waals surface area contributed by atoms with Crippen LogP contribution in [0.1, 0.15) is 17.9 Å². The first-order valence-corrected chi connectivity index (χ1v) is 12.6. The zero-order chi connectivity index (χ0) is 25.8. The fourth-order valence-electron chi connectivity index (χ4n) is 4.31. The molecule has 0 spiro atoms. The minimum atomic E-state index is -0.460. The smallest absolute Gasteiger partial charge is 0.231 e. The number of fused-ring (bicyclic) bond motifs is 1. The monoisotopic (exact) mass is 529 g/mol. The fourth-order valence-corrected chi connectivity index (χ4v) is 4.61. The number of aromatic nitrogens is 2. The van der Waals surface area contributed by atoms with Gasteiger partial charge in [-0.1, -0.05) is 71.7 Å². The summed E-state index contributed by atoms with van der Waals surface area (Å²) in [6.45, 7) is 0.356. The van der Waals surface area contributed by atoms with Crippen molar-refractivity contribution in [3.05, 3.63) is 107 Å². The quantitative estimate of drug-likeness (QED) is 0.169. The van der Waals surface area contributed by atoms with Gasteiger partial charge in [-0.3, -0.25) is 9.89 Å². The molecule has 4 aromatic carbocycles. The number of halogens is 2. The molecule has 0 fully saturated rings. The van der Waals surface area contributed by atoms with Crippen LogP contribution in [0.3, 0.4) is 0 Å². The highest BCUT2D eigenvalue weighted by molar-refractivity contribution is 6.42. The summed E-state index contributed by atoms with van der Waals surface area (Å²) >= 11 is 12.2. The van der Waals surface area contributed by atoms with Crippen LogP contribution < -0.4 is 16.4 Å². The number of hydrogen-bond acceptors (Lipinski definition) is 4. The minimum Gasteiger partial charge on any atom is -0.338 e. The van der Waals surface area contributed by atoms with E-state index in [1.807, 2.05) is 48.5 Å². The molecule has 0 aliphatic carbocycles. The van der Waals surface area contributed by atoms with Crippen LogP contribution in [-0.4, -0.2) is 22.6 Å². The molecule has 1 heterocycles. The van der Waals surface area contributed by atoms with E-state index < -0.39 is 5.92 Å². The van der Waals surface area contributed by atoms with Gasteiger partial charge in [0.15, 0.2) is 5.82 Å². The number of H-pyrrole nitrogens is 1. The van der Waals surface area contributed by atoms with Crippen LogP contribution in [0.25, 0.3) is 22.0 Å². The van der Waals surface area contributed by atoms with Crippen molar-refractivity contribution in [1.82, 2.24) is 10.2 Å². The first kappa shape index (κ1) is 24.8. The van der Waals surface area contributed by atoms with Gasteiger partial charge in [-0.2, -0.15) is 5.10 Å². The molecule has 8 heteroatoms. The number of rotatable bonds is 8. The molecule has 5 rings (SSSR count). The predicted octanol–water partition coefficient (Wildman–Crippen LogP) is 7.35. The third-order valence-corrected chi connectivity index (χ3v) is 6.92. The Morgan fingerprint density at radius 1 is 0.865 bits per heavy atom. The molecule has 37 heavy (non-hydrogen) atoms. The molecule has 5 aromatic rings. The van der Waals surface area contributed by atoms with Gasteiger partial charge in [-0.15, -0.1) is 0 Å². The fraction of sp³-hybridized carbons (Fsp3) is 0.103. The summed E-state index contributed by atoms with van der Waals surface area (Å²) in [6.07, 6.45) is 0.475. The molecular weight excluding hydrogens is 505 g/mol. The predicted molar refractivity (Wildman–Crippen MR) is 153 cm³/mol. The maximum atomic E-state index is 13.2. The van der Waals surface area contributed by atoms with Gasteiger partial charge in [-0.25, -0.2) is 0 Å². The van der Waals surface area contributed by atoms with Gasteiger partial charge >= 0.3 is 0 Å². The van der Waals surface area contributed by atoms with E-state index in [0.29, 0.717) is 34.5 Å². The topological polar surface area (TPSA) is 95.8 Å². The molecule has 0 radical (unpaired) electrons. The molecule has 1 aromatic heterocycles. The van der Waals surface area contributed by atoms with E-state index in [2.05, 4.69) is 45.1 Å². The number of anilines is 3. The molecule has 1 amide bonds. The molecule has 5 N–H and O–H groups in total. The van der Waals surface area contributed by atoms with Crippen molar-refractivity contribution < 1.29 is 4.79 Å². The number of nitrogens with two attached hydrogens (primary N) is 1. The maximum absolute atomic E-state index is 13.2. The Bertz CT molecular complexity index is 1550. The first-order valence-electron chi connectivity index (χ1n) is 11.9. The Labute approximate surface area is 224 Å². The molecular formula is C29H25Cl2N5O. The highest BCUT2D eigenvalue weighted by Gasteiger charge is 2.21. The van der Waals surface area contributed by atoms with Crippen LogP contribution in [0.4, 0.5) is 17.2 Å². The Morgan fingerprint density at radius 3 is 2.46 bits per heavy atom. The zero-order valence-corrected chi connectivity index (χ0v) is 21.4. The number of amides is 1. The standard InChI is InChI=1S/C29H25Cl2N5O/c30-25-11-9-20(16-26(25)31)23(13-14-32)29(37)34-22-10-12-27-24(17-22)28(36-35-27)33-21-8-4-7-19(15-21)18-5-2-1-3-6-18/h1-12,15-17,23H,13-14,32H2,(H,34,37)(H2,33,35,36). The van der Waals surface area contributed by atoms with E-state index in [4.69, 9.17) is 28.9 Å². The molecule has 186 valence electrons. The third-order valence-electron chi connectivity index (χ3n) is 6.18. The van der Waals surface area contributed by atoms with E-state index in [9.17, 15) is 4.79 Å². The number of carbonyl (C=O) groups excluding carboxylic acids is 1. The average Bonchev–Trinajstić information content (AvgIpc) is 3.31. The Balaban J connectivity index is 1.38. The Morgan fingerprint density at radius 2 is 1.68 bits per heavy atom. The van der Waals surface area contributed by atoms with E-state index in [1.54, 1.807) is 18.2 Å². The van der Waals surface area contributed by atoms with Crippen LogP contribution in [0.15, 0.2) is 91.0 Å². The first-order chi connectivity index (χ1) is 18.0. The lowest BCUT2D eigenvalue weighted by Crippen LogP contribution is -2.23. The molecule has 0 bridgehead atoms. The summed E-state index contributed by atoms with van der Waals surface area (Å²) in [4.78, 5) is 13.2. The van der Waals surface area contributed by atoms with Crippen LogP contribution >= 0.6 is 23.2 Å². The van der Waals surface area contributed by atoms with Gasteiger partial charge in [0.05, 0.1) is 21.5 Å². The summed E-state index contributed by atoms with van der Waals surface area (Å²) in [5.74, 6) is 0.0363. The van der Waals surface area contributed by atoms with Crippen LogP contribution in [0, 0.1) is 0 Å². The third kappa shape index (κ3) is 5.62. The van der Waals surface area contributed by atoms with Gasteiger partial charge in [-0.05, 0) is 72.1 Å². The lowest BCUT2D eigenvalue weighted by molar-refractivity contribution is -0.117. The van der Waals surface area contributed by atoms with Crippen molar-refractivity contribution in [2.24, 2.45) is 5.73 Å². The van der Waals surface area contributed by atoms with E-state index in [-0.39, 0.29) is 5.91 Å². The van der Waals surface area contributed by atoms with Gasteiger partial charge < -0.3 is 16.4 Å². The van der Waals surface area contributed by atoms with Crippen LogP contribution in [-0.2, 0) is 4.79 Å². The average molecular weight is 530 g/mol. The maximum Gasteiger partial charge on any atom is 0.231 e. The molecule has 1 unspecified atom stereocenters. The van der Waals surface area contributed by atoms with Gasteiger partial charge in [0.25, 0.3) is 0 Å². The second-order valence-electron chi connectivity index (χ2n) is 8.70. The lowest BCUT2D eigenvalue weighted by atomic mass is 9.94. The molecule has 0 aliphatic heterocycles. The van der Waals surface area contributed by atoms with Gasteiger partial charge in [0, 0.05) is 16.8 Å². The highest BCUT2D eigenvalue weighted by atomic mass is 35.5. The number of hydrogen-bond donors (Lipinski definition) is 4.